The van der Waals surface area contributed by atoms with E-state index in [1.165, 1.54) is 12.1 Å². The lowest BCUT2D eigenvalue weighted by Crippen LogP contribution is -2.25. The Morgan fingerprint density at radius 3 is 2.82 bits per heavy atom. The Morgan fingerprint density at radius 1 is 1.35 bits per heavy atom. The van der Waals surface area contributed by atoms with Crippen molar-refractivity contribution in [3.8, 4) is 0 Å². The van der Waals surface area contributed by atoms with Crippen LogP contribution in [-0.2, 0) is 6.54 Å². The van der Waals surface area contributed by atoms with E-state index in [2.05, 4.69) is 0 Å². The first-order valence-electron chi connectivity index (χ1n) is 5.20. The van der Waals surface area contributed by atoms with Crippen molar-refractivity contribution in [1.29, 1.82) is 0 Å². The van der Waals surface area contributed by atoms with Crippen molar-refractivity contribution in [3.05, 3.63) is 58.0 Å². The van der Waals surface area contributed by atoms with Gasteiger partial charge < -0.3 is 4.90 Å². The Morgan fingerprint density at radius 2 is 2.18 bits per heavy atom. The van der Waals surface area contributed by atoms with Crippen molar-refractivity contribution < 1.29 is 9.18 Å². The lowest BCUT2D eigenvalue weighted by molar-refractivity contribution is 0.0786. The molecular weight excluding hydrogens is 237 g/mol. The van der Waals surface area contributed by atoms with Gasteiger partial charge in [-0.25, -0.2) is 4.39 Å². The molecule has 0 aliphatic rings. The van der Waals surface area contributed by atoms with Crippen LogP contribution in [0.5, 0.6) is 0 Å². The van der Waals surface area contributed by atoms with E-state index in [4.69, 9.17) is 0 Å². The molecular formula is C13H12FNOS. The highest BCUT2D eigenvalue weighted by Gasteiger charge is 2.12. The molecule has 0 bridgehead atoms. The number of carbonyl (C=O) groups excluding carboxylic acids is 1. The molecule has 1 amide bonds. The molecule has 0 saturated heterocycles. The standard InChI is InChI=1S/C13H12FNOS/c1-15(9-12-6-3-7-17-12)13(16)10-4-2-5-11(14)8-10/h2-8H,9H2,1H3. The summed E-state index contributed by atoms with van der Waals surface area (Å²) in [5.74, 6) is -0.557. The fourth-order valence-corrected chi connectivity index (χ4v) is 2.31. The molecule has 0 aliphatic carbocycles. The first-order chi connectivity index (χ1) is 8.16. The summed E-state index contributed by atoms with van der Waals surface area (Å²) in [5.41, 5.74) is 0.379. The zero-order chi connectivity index (χ0) is 12.3. The van der Waals surface area contributed by atoms with Crippen LogP contribution in [0.25, 0.3) is 0 Å². The summed E-state index contributed by atoms with van der Waals surface area (Å²) in [6, 6.07) is 9.67. The zero-order valence-corrected chi connectivity index (χ0v) is 10.2. The molecule has 0 spiro atoms. The maximum Gasteiger partial charge on any atom is 0.254 e. The molecule has 17 heavy (non-hydrogen) atoms. The second kappa shape index (κ2) is 5.10. The highest BCUT2D eigenvalue weighted by Crippen LogP contribution is 2.13. The van der Waals surface area contributed by atoms with Gasteiger partial charge in [0.05, 0.1) is 6.54 Å². The molecule has 1 aromatic carbocycles. The number of thiophene rings is 1. The molecule has 2 aromatic rings. The van der Waals surface area contributed by atoms with E-state index in [9.17, 15) is 9.18 Å². The number of hydrogen-bond donors (Lipinski definition) is 0. The summed E-state index contributed by atoms with van der Waals surface area (Å²) < 4.78 is 13.0. The topological polar surface area (TPSA) is 20.3 Å². The Kier molecular flexibility index (Phi) is 3.54. The normalized spacial score (nSPS) is 10.2. The quantitative estimate of drug-likeness (QED) is 0.818. The lowest BCUT2D eigenvalue weighted by atomic mass is 10.2. The SMILES string of the molecule is CN(Cc1cccs1)C(=O)c1cccc(F)c1. The van der Waals surface area contributed by atoms with Gasteiger partial charge in [-0.15, -0.1) is 11.3 Å². The van der Waals surface area contributed by atoms with Crippen LogP contribution in [0.4, 0.5) is 4.39 Å². The predicted molar refractivity (Wildman–Crippen MR) is 66.5 cm³/mol. The molecule has 0 atom stereocenters. The van der Waals surface area contributed by atoms with Crippen LogP contribution in [0, 0.1) is 5.82 Å². The van der Waals surface area contributed by atoms with Gasteiger partial charge in [0.15, 0.2) is 0 Å². The van der Waals surface area contributed by atoms with Crippen LogP contribution < -0.4 is 0 Å². The largest absolute Gasteiger partial charge is 0.337 e. The number of carbonyl (C=O) groups is 1. The van der Waals surface area contributed by atoms with Crippen molar-refractivity contribution in [3.63, 3.8) is 0 Å². The van der Waals surface area contributed by atoms with Crippen molar-refractivity contribution in [2.75, 3.05) is 7.05 Å². The van der Waals surface area contributed by atoms with Crippen molar-refractivity contribution in [2.24, 2.45) is 0 Å². The highest BCUT2D eigenvalue weighted by molar-refractivity contribution is 7.09. The molecule has 0 saturated carbocycles. The molecule has 2 nitrogen and oxygen atoms in total. The van der Waals surface area contributed by atoms with Crippen LogP contribution >= 0.6 is 11.3 Å². The summed E-state index contributed by atoms with van der Waals surface area (Å²) >= 11 is 1.60. The number of hydrogen-bond acceptors (Lipinski definition) is 2. The number of halogens is 1. The molecule has 1 aromatic heterocycles. The summed E-state index contributed by atoms with van der Waals surface area (Å²) in [7, 11) is 1.72. The van der Waals surface area contributed by atoms with E-state index < -0.39 is 0 Å². The van der Waals surface area contributed by atoms with E-state index in [1.807, 2.05) is 17.5 Å². The first-order valence-corrected chi connectivity index (χ1v) is 6.08. The molecule has 0 fully saturated rings. The third kappa shape index (κ3) is 2.91. The van der Waals surface area contributed by atoms with E-state index in [0.717, 1.165) is 4.88 Å². The molecule has 88 valence electrons. The monoisotopic (exact) mass is 249 g/mol. The zero-order valence-electron chi connectivity index (χ0n) is 9.39. The van der Waals surface area contributed by atoms with Crippen LogP contribution in [0.3, 0.4) is 0 Å². The second-order valence-electron chi connectivity index (χ2n) is 3.75. The van der Waals surface area contributed by atoms with Gasteiger partial charge >= 0.3 is 0 Å². The Labute approximate surface area is 103 Å². The predicted octanol–water partition coefficient (Wildman–Crippen LogP) is 3.16. The summed E-state index contributed by atoms with van der Waals surface area (Å²) in [4.78, 5) is 14.7. The van der Waals surface area contributed by atoms with Gasteiger partial charge in [-0.3, -0.25) is 4.79 Å². The highest BCUT2D eigenvalue weighted by atomic mass is 32.1. The molecule has 0 N–H and O–H groups in total. The van der Waals surface area contributed by atoms with Gasteiger partial charge in [0.2, 0.25) is 0 Å². The average molecular weight is 249 g/mol. The minimum absolute atomic E-state index is 0.169. The molecule has 2 rings (SSSR count). The summed E-state index contributed by atoms with van der Waals surface area (Å²) in [5, 5.41) is 1.97. The third-order valence-corrected chi connectivity index (χ3v) is 3.25. The van der Waals surface area contributed by atoms with Gasteiger partial charge in [-0.05, 0) is 29.6 Å². The van der Waals surface area contributed by atoms with Gasteiger partial charge in [0, 0.05) is 17.5 Å². The minimum Gasteiger partial charge on any atom is -0.337 e. The lowest BCUT2D eigenvalue weighted by Gasteiger charge is -2.16. The molecule has 1 heterocycles. The first kappa shape index (κ1) is 11.8. The van der Waals surface area contributed by atoms with Crippen LogP contribution in [0.1, 0.15) is 15.2 Å². The smallest absolute Gasteiger partial charge is 0.254 e. The average Bonchev–Trinajstić information content (AvgIpc) is 2.80. The van der Waals surface area contributed by atoms with E-state index >= 15 is 0 Å². The summed E-state index contributed by atoms with van der Waals surface area (Å²) in [6.45, 7) is 0.549. The van der Waals surface area contributed by atoms with E-state index in [1.54, 1.807) is 35.4 Å². The van der Waals surface area contributed by atoms with E-state index in [-0.39, 0.29) is 11.7 Å². The Bertz CT molecular complexity index is 510. The minimum atomic E-state index is -0.389. The molecule has 0 unspecified atom stereocenters. The fraction of sp³-hybridized carbons (Fsp3) is 0.154. The Balaban J connectivity index is 2.09. The van der Waals surface area contributed by atoms with Gasteiger partial charge in [-0.1, -0.05) is 12.1 Å². The summed E-state index contributed by atoms with van der Waals surface area (Å²) in [6.07, 6.45) is 0. The molecule has 4 heteroatoms. The number of nitrogens with zero attached hydrogens (tertiary/aromatic N) is 1. The molecule has 0 radical (unpaired) electrons. The van der Waals surface area contributed by atoms with Crippen molar-refractivity contribution in [1.82, 2.24) is 4.90 Å². The third-order valence-electron chi connectivity index (χ3n) is 2.39. The van der Waals surface area contributed by atoms with Crippen LogP contribution in [0.15, 0.2) is 41.8 Å². The number of rotatable bonds is 3. The fourth-order valence-electron chi connectivity index (χ4n) is 1.55. The maximum absolute atomic E-state index is 13.0. The van der Waals surface area contributed by atoms with Crippen molar-refractivity contribution >= 4 is 17.2 Å². The number of benzene rings is 1. The Hall–Kier alpha value is -1.68. The van der Waals surface area contributed by atoms with Crippen molar-refractivity contribution in [2.45, 2.75) is 6.54 Å². The maximum atomic E-state index is 13.0. The van der Waals surface area contributed by atoms with Crippen LogP contribution in [0.2, 0.25) is 0 Å². The second-order valence-corrected chi connectivity index (χ2v) is 4.78. The number of amides is 1. The van der Waals surface area contributed by atoms with Gasteiger partial charge in [0.1, 0.15) is 5.82 Å². The van der Waals surface area contributed by atoms with Crippen LogP contribution in [-0.4, -0.2) is 17.9 Å². The van der Waals surface area contributed by atoms with E-state index in [0.29, 0.717) is 12.1 Å². The molecule has 0 aliphatic heterocycles. The van der Waals surface area contributed by atoms with Gasteiger partial charge in [0.25, 0.3) is 5.91 Å². The van der Waals surface area contributed by atoms with Gasteiger partial charge in [-0.2, -0.15) is 0 Å².